The molecule has 1 atom stereocenters. The van der Waals surface area contributed by atoms with Crippen LogP contribution in [-0.2, 0) is 13.0 Å². The van der Waals surface area contributed by atoms with Gasteiger partial charge < -0.3 is 5.32 Å². The number of anilines is 1. The average molecular weight is 200 g/mol. The first kappa shape index (κ1) is 10.1. The molecular formula is C13H16N2. The number of terminal acetylenes is 1. The summed E-state index contributed by atoms with van der Waals surface area (Å²) in [6.45, 7) is 3.88. The first-order chi connectivity index (χ1) is 7.31. The van der Waals surface area contributed by atoms with Gasteiger partial charge in [0.1, 0.15) is 0 Å². The van der Waals surface area contributed by atoms with Crippen LogP contribution >= 0.6 is 0 Å². The topological polar surface area (TPSA) is 24.1 Å². The lowest BCUT2D eigenvalue weighted by Gasteiger charge is -2.11. The van der Waals surface area contributed by atoms with Gasteiger partial charge in [0, 0.05) is 18.8 Å². The van der Waals surface area contributed by atoms with Crippen LogP contribution in [0.15, 0.2) is 18.2 Å². The second-order valence-corrected chi connectivity index (χ2v) is 3.90. The third kappa shape index (κ3) is 2.14. The maximum absolute atomic E-state index is 5.32. The third-order valence-corrected chi connectivity index (χ3v) is 2.78. The Hall–Kier alpha value is -1.46. The molecular weight excluding hydrogens is 184 g/mol. The Morgan fingerprint density at radius 3 is 3.27 bits per heavy atom. The average Bonchev–Trinajstić information content (AvgIpc) is 2.74. The summed E-state index contributed by atoms with van der Waals surface area (Å²) in [7, 11) is 0. The number of para-hydroxylation sites is 1. The van der Waals surface area contributed by atoms with Gasteiger partial charge >= 0.3 is 0 Å². The molecule has 15 heavy (non-hydrogen) atoms. The summed E-state index contributed by atoms with van der Waals surface area (Å²) in [6, 6.07) is 6.57. The van der Waals surface area contributed by atoms with E-state index in [2.05, 4.69) is 34.8 Å². The van der Waals surface area contributed by atoms with Gasteiger partial charge in [-0.3, -0.25) is 5.32 Å². The molecule has 2 rings (SSSR count). The van der Waals surface area contributed by atoms with Crippen LogP contribution in [0, 0.1) is 12.3 Å². The normalized spacial score (nSPS) is 15.2. The van der Waals surface area contributed by atoms with Gasteiger partial charge in [0.15, 0.2) is 0 Å². The lowest BCUT2D eigenvalue weighted by Crippen LogP contribution is -2.23. The molecule has 0 fully saturated rings. The van der Waals surface area contributed by atoms with Crippen molar-refractivity contribution in [3.63, 3.8) is 0 Å². The van der Waals surface area contributed by atoms with E-state index in [1.165, 1.54) is 16.8 Å². The molecule has 0 saturated heterocycles. The van der Waals surface area contributed by atoms with Crippen molar-refractivity contribution in [2.24, 2.45) is 0 Å². The van der Waals surface area contributed by atoms with E-state index < -0.39 is 0 Å². The molecule has 1 unspecified atom stereocenters. The number of nitrogens with one attached hydrogen (secondary N) is 2. The SMILES string of the molecule is C#CC(C)NCc1cccc2c1NCC2. The van der Waals surface area contributed by atoms with Crippen molar-refractivity contribution < 1.29 is 0 Å². The molecule has 0 amide bonds. The van der Waals surface area contributed by atoms with Crippen molar-refractivity contribution in [3.8, 4) is 12.3 Å². The van der Waals surface area contributed by atoms with Crippen LogP contribution < -0.4 is 10.6 Å². The Labute approximate surface area is 91.1 Å². The Bertz CT molecular complexity index is 390. The molecule has 0 aliphatic carbocycles. The standard InChI is InChI=1S/C13H16N2/c1-3-10(2)15-9-12-6-4-5-11-7-8-14-13(11)12/h1,4-6,10,14-15H,7-9H2,2H3. The van der Waals surface area contributed by atoms with Gasteiger partial charge in [-0.1, -0.05) is 24.1 Å². The summed E-state index contributed by atoms with van der Waals surface area (Å²) in [5, 5.41) is 6.72. The van der Waals surface area contributed by atoms with Crippen molar-refractivity contribution in [3.05, 3.63) is 29.3 Å². The number of hydrogen-bond acceptors (Lipinski definition) is 2. The van der Waals surface area contributed by atoms with Crippen molar-refractivity contribution in [2.75, 3.05) is 11.9 Å². The Morgan fingerprint density at radius 1 is 1.60 bits per heavy atom. The Balaban J connectivity index is 2.10. The molecule has 0 saturated carbocycles. The quantitative estimate of drug-likeness (QED) is 0.727. The second-order valence-electron chi connectivity index (χ2n) is 3.90. The molecule has 2 nitrogen and oxygen atoms in total. The number of hydrogen-bond donors (Lipinski definition) is 2. The van der Waals surface area contributed by atoms with Gasteiger partial charge in [0.05, 0.1) is 6.04 Å². The Kier molecular flexibility index (Phi) is 2.94. The molecule has 0 bridgehead atoms. The summed E-state index contributed by atoms with van der Waals surface area (Å²) in [4.78, 5) is 0. The lowest BCUT2D eigenvalue weighted by atomic mass is 10.1. The molecule has 78 valence electrons. The maximum Gasteiger partial charge on any atom is 0.0660 e. The molecule has 1 aromatic rings. The molecule has 2 N–H and O–H groups in total. The Morgan fingerprint density at radius 2 is 2.47 bits per heavy atom. The molecule has 2 heteroatoms. The zero-order valence-electron chi connectivity index (χ0n) is 9.01. The van der Waals surface area contributed by atoms with E-state index in [1.807, 2.05) is 6.92 Å². The van der Waals surface area contributed by atoms with Crippen LogP contribution in [-0.4, -0.2) is 12.6 Å². The predicted molar refractivity (Wildman–Crippen MR) is 63.8 cm³/mol. The first-order valence-electron chi connectivity index (χ1n) is 5.35. The molecule has 1 aromatic carbocycles. The van der Waals surface area contributed by atoms with Crippen LogP contribution in [0.5, 0.6) is 0 Å². The molecule has 0 aromatic heterocycles. The zero-order valence-corrected chi connectivity index (χ0v) is 9.01. The van der Waals surface area contributed by atoms with Crippen LogP contribution in [0.2, 0.25) is 0 Å². The number of fused-ring (bicyclic) bond motifs is 1. The highest BCUT2D eigenvalue weighted by Crippen LogP contribution is 2.26. The number of rotatable bonds is 3. The smallest absolute Gasteiger partial charge is 0.0660 e. The van der Waals surface area contributed by atoms with Gasteiger partial charge in [-0.15, -0.1) is 6.42 Å². The van der Waals surface area contributed by atoms with Gasteiger partial charge in [0.2, 0.25) is 0 Å². The molecule has 0 spiro atoms. The maximum atomic E-state index is 5.32. The van der Waals surface area contributed by atoms with Gasteiger partial charge in [-0.2, -0.15) is 0 Å². The van der Waals surface area contributed by atoms with Gasteiger partial charge in [-0.05, 0) is 24.5 Å². The summed E-state index contributed by atoms with van der Waals surface area (Å²) in [5.74, 6) is 2.67. The van der Waals surface area contributed by atoms with Crippen molar-refractivity contribution in [1.82, 2.24) is 5.32 Å². The van der Waals surface area contributed by atoms with Crippen LogP contribution in [0.3, 0.4) is 0 Å². The first-order valence-corrected chi connectivity index (χ1v) is 5.35. The summed E-state index contributed by atoms with van der Waals surface area (Å²) < 4.78 is 0. The third-order valence-electron chi connectivity index (χ3n) is 2.78. The predicted octanol–water partition coefficient (Wildman–Crippen LogP) is 1.77. The van der Waals surface area contributed by atoms with E-state index in [9.17, 15) is 0 Å². The monoisotopic (exact) mass is 200 g/mol. The van der Waals surface area contributed by atoms with E-state index in [0.717, 1.165) is 19.5 Å². The zero-order chi connectivity index (χ0) is 10.7. The fraction of sp³-hybridized carbons (Fsp3) is 0.385. The molecule has 1 aliphatic heterocycles. The highest BCUT2D eigenvalue weighted by atomic mass is 14.9. The van der Waals surface area contributed by atoms with E-state index in [-0.39, 0.29) is 6.04 Å². The molecule has 1 heterocycles. The van der Waals surface area contributed by atoms with E-state index in [1.54, 1.807) is 0 Å². The fourth-order valence-electron chi connectivity index (χ4n) is 1.88. The van der Waals surface area contributed by atoms with Gasteiger partial charge in [-0.25, -0.2) is 0 Å². The van der Waals surface area contributed by atoms with Crippen molar-refractivity contribution >= 4 is 5.69 Å². The van der Waals surface area contributed by atoms with Crippen LogP contribution in [0.1, 0.15) is 18.1 Å². The lowest BCUT2D eigenvalue weighted by molar-refractivity contribution is 0.649. The summed E-state index contributed by atoms with van der Waals surface area (Å²) >= 11 is 0. The van der Waals surface area contributed by atoms with Crippen LogP contribution in [0.25, 0.3) is 0 Å². The number of benzene rings is 1. The summed E-state index contributed by atoms with van der Waals surface area (Å²) in [5.41, 5.74) is 4.03. The molecule has 0 radical (unpaired) electrons. The molecule has 1 aliphatic rings. The highest BCUT2D eigenvalue weighted by Gasteiger charge is 2.13. The van der Waals surface area contributed by atoms with Crippen molar-refractivity contribution in [1.29, 1.82) is 0 Å². The van der Waals surface area contributed by atoms with E-state index >= 15 is 0 Å². The largest absolute Gasteiger partial charge is 0.384 e. The summed E-state index contributed by atoms with van der Waals surface area (Å²) in [6.07, 6.45) is 6.45. The van der Waals surface area contributed by atoms with Crippen molar-refractivity contribution in [2.45, 2.75) is 25.9 Å². The van der Waals surface area contributed by atoms with Crippen LogP contribution in [0.4, 0.5) is 5.69 Å². The minimum atomic E-state index is 0.127. The van der Waals surface area contributed by atoms with E-state index in [4.69, 9.17) is 6.42 Å². The van der Waals surface area contributed by atoms with Gasteiger partial charge in [0.25, 0.3) is 0 Å². The minimum Gasteiger partial charge on any atom is -0.384 e. The minimum absolute atomic E-state index is 0.127. The fourth-order valence-corrected chi connectivity index (χ4v) is 1.88. The second kappa shape index (κ2) is 4.37. The van der Waals surface area contributed by atoms with E-state index in [0.29, 0.717) is 0 Å². The highest BCUT2D eigenvalue weighted by molar-refractivity contribution is 5.61.